The summed E-state index contributed by atoms with van der Waals surface area (Å²) in [4.78, 5) is 14.0. The van der Waals surface area contributed by atoms with E-state index in [-0.39, 0.29) is 24.4 Å². The molecule has 2 heterocycles. The lowest BCUT2D eigenvalue weighted by molar-refractivity contribution is 0.0741. The molecule has 0 saturated carbocycles. The summed E-state index contributed by atoms with van der Waals surface area (Å²) in [6.07, 6.45) is 2.10. The molecule has 1 atom stereocenters. The van der Waals surface area contributed by atoms with E-state index in [0.29, 0.717) is 6.54 Å². The molecule has 16 heavy (non-hydrogen) atoms. The SMILES string of the molecule is Cl.NCC1CCCN1C(=O)c1csc(Br)c1. The molecule has 0 aliphatic carbocycles. The van der Waals surface area contributed by atoms with Crippen molar-refractivity contribution in [1.82, 2.24) is 4.90 Å². The maximum Gasteiger partial charge on any atom is 0.255 e. The number of hydrogen-bond acceptors (Lipinski definition) is 3. The van der Waals surface area contributed by atoms with E-state index in [1.54, 1.807) is 0 Å². The minimum Gasteiger partial charge on any atom is -0.334 e. The minimum absolute atomic E-state index is 0. The van der Waals surface area contributed by atoms with Crippen LogP contribution in [0.25, 0.3) is 0 Å². The van der Waals surface area contributed by atoms with Gasteiger partial charge in [0.1, 0.15) is 0 Å². The average Bonchev–Trinajstić information content (AvgIpc) is 2.84. The molecule has 1 aromatic heterocycles. The predicted molar refractivity (Wildman–Crippen MR) is 72.4 cm³/mol. The third-order valence-electron chi connectivity index (χ3n) is 2.72. The molecule has 1 saturated heterocycles. The first-order chi connectivity index (χ1) is 7.22. The van der Waals surface area contributed by atoms with E-state index < -0.39 is 0 Å². The Balaban J connectivity index is 0.00000128. The highest BCUT2D eigenvalue weighted by Gasteiger charge is 2.28. The van der Waals surface area contributed by atoms with Crippen LogP contribution in [0, 0.1) is 0 Å². The molecule has 1 aliphatic heterocycles. The predicted octanol–water partition coefficient (Wildman–Crippen LogP) is 2.50. The summed E-state index contributed by atoms with van der Waals surface area (Å²) in [7, 11) is 0. The lowest BCUT2D eigenvalue weighted by Gasteiger charge is -2.22. The molecule has 2 N–H and O–H groups in total. The van der Waals surface area contributed by atoms with Gasteiger partial charge in [0.25, 0.3) is 5.91 Å². The van der Waals surface area contributed by atoms with Gasteiger partial charge in [-0.3, -0.25) is 4.79 Å². The van der Waals surface area contributed by atoms with Gasteiger partial charge in [-0.15, -0.1) is 23.7 Å². The number of carbonyl (C=O) groups excluding carboxylic acids is 1. The second kappa shape index (κ2) is 6.00. The number of nitrogens with two attached hydrogens (primary N) is 1. The molecule has 6 heteroatoms. The Bertz CT molecular complexity index is 371. The smallest absolute Gasteiger partial charge is 0.255 e. The lowest BCUT2D eigenvalue weighted by Crippen LogP contribution is -2.39. The van der Waals surface area contributed by atoms with Crippen molar-refractivity contribution in [2.24, 2.45) is 5.73 Å². The van der Waals surface area contributed by atoms with E-state index in [2.05, 4.69) is 15.9 Å². The molecule has 1 amide bonds. The van der Waals surface area contributed by atoms with Crippen LogP contribution in [0.5, 0.6) is 0 Å². The summed E-state index contributed by atoms with van der Waals surface area (Å²) in [5.41, 5.74) is 6.42. The Labute approximate surface area is 114 Å². The minimum atomic E-state index is 0. The molecule has 0 radical (unpaired) electrons. The van der Waals surface area contributed by atoms with E-state index >= 15 is 0 Å². The van der Waals surface area contributed by atoms with Gasteiger partial charge in [0, 0.05) is 24.5 Å². The first-order valence-electron chi connectivity index (χ1n) is 4.97. The zero-order valence-electron chi connectivity index (χ0n) is 8.69. The van der Waals surface area contributed by atoms with Gasteiger partial charge in [-0.25, -0.2) is 0 Å². The number of nitrogens with zero attached hydrogens (tertiary/aromatic N) is 1. The summed E-state index contributed by atoms with van der Waals surface area (Å²) < 4.78 is 0.995. The number of hydrogen-bond donors (Lipinski definition) is 1. The molecular weight excluding hydrogens is 312 g/mol. The van der Waals surface area contributed by atoms with Crippen molar-refractivity contribution in [3.8, 4) is 0 Å². The number of thiophene rings is 1. The number of rotatable bonds is 2. The first kappa shape index (κ1) is 14.0. The second-order valence-corrected chi connectivity index (χ2v) is 5.96. The maximum atomic E-state index is 12.1. The Hall–Kier alpha value is -0.100. The number of amides is 1. The van der Waals surface area contributed by atoms with Crippen LogP contribution < -0.4 is 5.73 Å². The van der Waals surface area contributed by atoms with Gasteiger partial charge >= 0.3 is 0 Å². The molecule has 1 aliphatic rings. The van der Waals surface area contributed by atoms with Crippen molar-refractivity contribution >= 4 is 45.6 Å². The Morgan fingerprint density at radius 2 is 2.44 bits per heavy atom. The van der Waals surface area contributed by atoms with Crippen molar-refractivity contribution in [3.05, 3.63) is 20.8 Å². The molecule has 1 fully saturated rings. The van der Waals surface area contributed by atoms with Crippen LogP contribution in [0.3, 0.4) is 0 Å². The molecule has 0 bridgehead atoms. The molecule has 1 aromatic rings. The van der Waals surface area contributed by atoms with Crippen LogP contribution in [-0.2, 0) is 0 Å². The fraction of sp³-hybridized carbons (Fsp3) is 0.500. The van der Waals surface area contributed by atoms with Crippen LogP contribution in [0.4, 0.5) is 0 Å². The van der Waals surface area contributed by atoms with Gasteiger partial charge in [0.2, 0.25) is 0 Å². The fourth-order valence-electron chi connectivity index (χ4n) is 1.94. The zero-order valence-corrected chi connectivity index (χ0v) is 11.9. The van der Waals surface area contributed by atoms with Crippen molar-refractivity contribution in [2.45, 2.75) is 18.9 Å². The average molecular weight is 326 g/mol. The van der Waals surface area contributed by atoms with Gasteiger partial charge in [0.15, 0.2) is 0 Å². The standard InChI is InChI=1S/C10H13BrN2OS.ClH/c11-9-4-7(6-15-9)10(14)13-3-1-2-8(13)5-12;/h4,6,8H,1-3,5,12H2;1H. The van der Waals surface area contributed by atoms with Crippen LogP contribution in [0.15, 0.2) is 15.2 Å². The topological polar surface area (TPSA) is 46.3 Å². The lowest BCUT2D eigenvalue weighted by atomic mass is 10.2. The highest BCUT2D eigenvalue weighted by atomic mass is 79.9. The number of halogens is 2. The molecule has 2 rings (SSSR count). The van der Waals surface area contributed by atoms with Crippen LogP contribution in [0.2, 0.25) is 0 Å². The number of carbonyl (C=O) groups is 1. The Morgan fingerprint density at radius 1 is 1.69 bits per heavy atom. The van der Waals surface area contributed by atoms with E-state index in [4.69, 9.17) is 5.73 Å². The van der Waals surface area contributed by atoms with Gasteiger partial charge in [-0.05, 0) is 34.8 Å². The monoisotopic (exact) mass is 324 g/mol. The third kappa shape index (κ3) is 2.77. The maximum absolute atomic E-state index is 12.1. The molecule has 90 valence electrons. The third-order valence-corrected chi connectivity index (χ3v) is 4.23. The zero-order chi connectivity index (χ0) is 10.8. The van der Waals surface area contributed by atoms with E-state index in [9.17, 15) is 4.79 Å². The van der Waals surface area contributed by atoms with Crippen LogP contribution in [0.1, 0.15) is 23.2 Å². The Morgan fingerprint density at radius 3 is 3.00 bits per heavy atom. The van der Waals surface area contributed by atoms with Gasteiger partial charge < -0.3 is 10.6 Å². The van der Waals surface area contributed by atoms with E-state index in [1.807, 2.05) is 16.3 Å². The molecular formula is C10H14BrClN2OS. The van der Waals surface area contributed by atoms with Gasteiger partial charge in [-0.1, -0.05) is 0 Å². The van der Waals surface area contributed by atoms with Crippen molar-refractivity contribution in [2.75, 3.05) is 13.1 Å². The van der Waals surface area contributed by atoms with E-state index in [0.717, 1.165) is 28.7 Å². The second-order valence-electron chi connectivity index (χ2n) is 3.67. The van der Waals surface area contributed by atoms with Crippen molar-refractivity contribution in [1.29, 1.82) is 0 Å². The van der Waals surface area contributed by atoms with E-state index in [1.165, 1.54) is 11.3 Å². The molecule has 1 unspecified atom stereocenters. The summed E-state index contributed by atoms with van der Waals surface area (Å²) in [6, 6.07) is 2.11. The van der Waals surface area contributed by atoms with Crippen LogP contribution in [-0.4, -0.2) is 29.9 Å². The fourth-order valence-corrected chi connectivity index (χ4v) is 3.07. The van der Waals surface area contributed by atoms with Gasteiger partial charge in [0.05, 0.1) is 9.35 Å². The summed E-state index contributed by atoms with van der Waals surface area (Å²) >= 11 is 4.90. The molecule has 0 aromatic carbocycles. The normalized spacial score (nSPS) is 19.6. The van der Waals surface area contributed by atoms with Crippen molar-refractivity contribution in [3.63, 3.8) is 0 Å². The summed E-state index contributed by atoms with van der Waals surface area (Å²) in [5.74, 6) is 0.116. The molecule has 3 nitrogen and oxygen atoms in total. The van der Waals surface area contributed by atoms with Crippen molar-refractivity contribution < 1.29 is 4.79 Å². The summed E-state index contributed by atoms with van der Waals surface area (Å²) in [5, 5.41) is 1.89. The highest BCUT2D eigenvalue weighted by molar-refractivity contribution is 9.11. The number of likely N-dealkylation sites (tertiary alicyclic amines) is 1. The Kier molecular flexibility index (Phi) is 5.24. The largest absolute Gasteiger partial charge is 0.334 e. The van der Waals surface area contributed by atoms with Gasteiger partial charge in [-0.2, -0.15) is 0 Å². The quantitative estimate of drug-likeness (QED) is 0.908. The highest BCUT2D eigenvalue weighted by Crippen LogP contribution is 2.24. The van der Waals surface area contributed by atoms with Crippen LogP contribution >= 0.6 is 39.7 Å². The summed E-state index contributed by atoms with van der Waals surface area (Å²) in [6.45, 7) is 1.41. The first-order valence-corrected chi connectivity index (χ1v) is 6.64. The molecule has 0 spiro atoms.